The zero-order valence-electron chi connectivity index (χ0n) is 26.9. The normalized spacial score (nSPS) is 14.3. The van der Waals surface area contributed by atoms with Gasteiger partial charge in [-0.2, -0.15) is 26.3 Å². The molecule has 50 heavy (non-hydrogen) atoms. The largest absolute Gasteiger partial charge is 0.496 e. The minimum atomic E-state index is -5.07. The molecule has 3 amide bonds. The van der Waals surface area contributed by atoms with Gasteiger partial charge in [0.25, 0.3) is 11.8 Å². The number of halogens is 7. The van der Waals surface area contributed by atoms with Crippen molar-refractivity contribution in [1.29, 1.82) is 0 Å². The number of nitrogens with one attached hydrogen (secondary N) is 2. The molecule has 1 aliphatic heterocycles. The van der Waals surface area contributed by atoms with E-state index in [9.17, 15) is 45.1 Å². The van der Waals surface area contributed by atoms with E-state index < -0.39 is 46.8 Å². The number of methoxy groups -OCH3 is 1. The molecule has 1 aromatic heterocycles. The summed E-state index contributed by atoms with van der Waals surface area (Å²) in [6.07, 6.45) is -8.53. The average molecular weight is 725 g/mol. The number of carbonyl (C=O) groups excluding carboxylic acids is 3. The van der Waals surface area contributed by atoms with Crippen molar-refractivity contribution in [2.24, 2.45) is 0 Å². The van der Waals surface area contributed by atoms with Crippen molar-refractivity contribution >= 4 is 50.5 Å². The lowest BCUT2D eigenvalue weighted by Crippen LogP contribution is -2.42. The van der Waals surface area contributed by atoms with Gasteiger partial charge in [-0.05, 0) is 80.9 Å². The van der Waals surface area contributed by atoms with E-state index in [-0.39, 0.29) is 50.3 Å². The van der Waals surface area contributed by atoms with Crippen LogP contribution in [0.25, 0.3) is 10.1 Å². The highest BCUT2D eigenvalue weighted by molar-refractivity contribution is 7.21. The summed E-state index contributed by atoms with van der Waals surface area (Å²) in [6, 6.07) is 9.47. The fourth-order valence-electron chi connectivity index (χ4n) is 5.74. The summed E-state index contributed by atoms with van der Waals surface area (Å²) < 4.78 is 99.8. The minimum absolute atomic E-state index is 0.00253. The van der Waals surface area contributed by atoms with Crippen molar-refractivity contribution in [1.82, 2.24) is 9.80 Å². The summed E-state index contributed by atoms with van der Waals surface area (Å²) in [5, 5.41) is 4.92. The Morgan fingerprint density at radius 3 is 2.22 bits per heavy atom. The number of rotatable bonds is 8. The highest BCUT2D eigenvalue weighted by Crippen LogP contribution is 2.41. The molecule has 1 saturated heterocycles. The molecule has 5 rings (SSSR count). The van der Waals surface area contributed by atoms with Gasteiger partial charge >= 0.3 is 12.4 Å². The fraction of sp³-hybridized carbons (Fsp3) is 0.324. The van der Waals surface area contributed by atoms with E-state index in [0.29, 0.717) is 49.4 Å². The van der Waals surface area contributed by atoms with Crippen LogP contribution in [0.15, 0.2) is 54.6 Å². The van der Waals surface area contributed by atoms with Gasteiger partial charge in [0.15, 0.2) is 0 Å². The van der Waals surface area contributed by atoms with Crippen molar-refractivity contribution in [3.05, 3.63) is 87.5 Å². The second kappa shape index (κ2) is 14.3. The summed E-state index contributed by atoms with van der Waals surface area (Å²) in [4.78, 5) is 43.1. The highest BCUT2D eigenvalue weighted by atomic mass is 32.1. The summed E-state index contributed by atoms with van der Waals surface area (Å²) in [5.74, 6) is -3.21. The van der Waals surface area contributed by atoms with E-state index in [0.717, 1.165) is 29.8 Å². The van der Waals surface area contributed by atoms with Crippen LogP contribution in [-0.2, 0) is 17.1 Å². The molecule has 0 atom stereocenters. The van der Waals surface area contributed by atoms with Crippen LogP contribution in [0.1, 0.15) is 55.5 Å². The van der Waals surface area contributed by atoms with Gasteiger partial charge in [0, 0.05) is 28.9 Å². The highest BCUT2D eigenvalue weighted by Gasteiger charge is 2.35. The molecule has 2 N–H and O–H groups in total. The number of alkyl halides is 6. The molecule has 0 unspecified atom stereocenters. The standard InChI is InChI=1S/C34H31F7N4O4S/c1-44(2)17-28(46)45-12-10-18(11-13-45)19-4-9-26(49-3)23(14-19)31(47)43-29-22-7-5-20(33(36,37)38)15-27(22)50-30(29)32(48)42-21-6-8-25(35)24(16-21)34(39,40)41/h4-9,14-16,18H,10-13,17H2,1-3H3,(H,42,48)(H,43,47). The van der Waals surface area contributed by atoms with Crippen LogP contribution in [-0.4, -0.2) is 68.4 Å². The summed E-state index contributed by atoms with van der Waals surface area (Å²) in [5.41, 5.74) is -2.42. The number of hydrogen-bond donors (Lipinski definition) is 2. The quantitative estimate of drug-likeness (QED) is 0.181. The van der Waals surface area contributed by atoms with Crippen LogP contribution in [0.5, 0.6) is 5.75 Å². The van der Waals surface area contributed by atoms with Gasteiger partial charge in [0.2, 0.25) is 5.91 Å². The number of nitrogens with zero attached hydrogens (tertiary/aromatic N) is 2. The van der Waals surface area contributed by atoms with Crippen LogP contribution in [0.4, 0.5) is 42.1 Å². The third-order valence-corrected chi connectivity index (χ3v) is 9.38. The van der Waals surface area contributed by atoms with Gasteiger partial charge in [-0.3, -0.25) is 14.4 Å². The number of likely N-dealkylation sites (N-methyl/N-ethyl adjacent to an activating group) is 1. The number of amides is 3. The van der Waals surface area contributed by atoms with Gasteiger partial charge < -0.3 is 25.2 Å². The second-order valence-electron chi connectivity index (χ2n) is 12.0. The number of piperidine rings is 1. The molecule has 2 heterocycles. The summed E-state index contributed by atoms with van der Waals surface area (Å²) in [6.45, 7) is 1.32. The molecule has 266 valence electrons. The molecule has 3 aromatic carbocycles. The summed E-state index contributed by atoms with van der Waals surface area (Å²) in [7, 11) is 4.96. The number of fused-ring (bicyclic) bond motifs is 1. The number of benzene rings is 3. The number of carbonyl (C=O) groups is 3. The lowest BCUT2D eigenvalue weighted by molar-refractivity contribution is -0.140. The molecule has 1 aliphatic rings. The molecule has 1 fully saturated rings. The third-order valence-electron chi connectivity index (χ3n) is 8.23. The first kappa shape index (κ1) is 36.6. The Morgan fingerprint density at radius 1 is 0.900 bits per heavy atom. The number of ether oxygens (including phenoxy) is 1. The number of anilines is 2. The zero-order chi connectivity index (χ0) is 36.5. The monoisotopic (exact) mass is 724 g/mol. The zero-order valence-corrected chi connectivity index (χ0v) is 27.7. The van der Waals surface area contributed by atoms with Crippen LogP contribution >= 0.6 is 11.3 Å². The molecular formula is C34H31F7N4O4S. The van der Waals surface area contributed by atoms with E-state index in [1.807, 2.05) is 0 Å². The predicted molar refractivity (Wildman–Crippen MR) is 174 cm³/mol. The molecular weight excluding hydrogens is 693 g/mol. The maximum absolute atomic E-state index is 13.9. The Morgan fingerprint density at radius 2 is 1.60 bits per heavy atom. The van der Waals surface area contributed by atoms with E-state index in [1.165, 1.54) is 7.11 Å². The van der Waals surface area contributed by atoms with Crippen molar-refractivity contribution < 1.29 is 49.9 Å². The topological polar surface area (TPSA) is 91.0 Å². The van der Waals surface area contributed by atoms with Crippen LogP contribution in [0.3, 0.4) is 0 Å². The minimum Gasteiger partial charge on any atom is -0.496 e. The number of likely N-dealkylation sites (tertiary alicyclic amines) is 1. The van der Waals surface area contributed by atoms with Gasteiger partial charge in [0.1, 0.15) is 16.4 Å². The van der Waals surface area contributed by atoms with Crippen molar-refractivity contribution in [2.45, 2.75) is 31.1 Å². The van der Waals surface area contributed by atoms with Crippen molar-refractivity contribution in [3.63, 3.8) is 0 Å². The number of hydrogen-bond acceptors (Lipinski definition) is 6. The molecule has 4 aromatic rings. The van der Waals surface area contributed by atoms with Gasteiger partial charge in [0.05, 0.1) is 36.0 Å². The van der Waals surface area contributed by atoms with E-state index in [4.69, 9.17) is 4.74 Å². The van der Waals surface area contributed by atoms with Gasteiger partial charge in [-0.25, -0.2) is 4.39 Å². The van der Waals surface area contributed by atoms with Gasteiger partial charge in [-0.15, -0.1) is 11.3 Å². The third kappa shape index (κ3) is 8.02. The number of thiophene rings is 1. The van der Waals surface area contributed by atoms with Crippen LogP contribution < -0.4 is 15.4 Å². The maximum Gasteiger partial charge on any atom is 0.419 e. The molecule has 0 spiro atoms. The fourth-order valence-corrected chi connectivity index (χ4v) is 6.83. The molecule has 0 radical (unpaired) electrons. The molecule has 0 saturated carbocycles. The van der Waals surface area contributed by atoms with Gasteiger partial charge in [-0.1, -0.05) is 12.1 Å². The first-order valence-corrected chi connectivity index (χ1v) is 16.0. The Labute approximate surface area is 285 Å². The Balaban J connectivity index is 1.47. The first-order valence-electron chi connectivity index (χ1n) is 15.2. The Hall–Kier alpha value is -4.70. The Bertz CT molecular complexity index is 1930. The van der Waals surface area contributed by atoms with E-state index >= 15 is 0 Å². The average Bonchev–Trinajstić information content (AvgIpc) is 3.41. The van der Waals surface area contributed by atoms with E-state index in [1.54, 1.807) is 42.1 Å². The maximum atomic E-state index is 13.9. The molecule has 8 nitrogen and oxygen atoms in total. The van der Waals surface area contributed by atoms with E-state index in [2.05, 4.69) is 10.6 Å². The molecule has 16 heteroatoms. The van der Waals surface area contributed by atoms with Crippen molar-refractivity contribution in [2.75, 3.05) is 51.5 Å². The lowest BCUT2D eigenvalue weighted by atomic mass is 9.88. The lowest BCUT2D eigenvalue weighted by Gasteiger charge is -2.33. The molecule has 0 bridgehead atoms. The Kier molecular flexibility index (Phi) is 10.4. The second-order valence-corrected chi connectivity index (χ2v) is 13.0. The van der Waals surface area contributed by atoms with Crippen molar-refractivity contribution in [3.8, 4) is 5.75 Å². The summed E-state index contributed by atoms with van der Waals surface area (Å²) >= 11 is 0.584. The molecule has 0 aliphatic carbocycles. The SMILES string of the molecule is COc1ccc(C2CCN(C(=O)CN(C)C)CC2)cc1C(=O)Nc1c(C(=O)Nc2ccc(F)c(C(F)(F)F)c2)sc2cc(C(F)(F)F)ccc12. The predicted octanol–water partition coefficient (Wildman–Crippen LogP) is 7.86. The smallest absolute Gasteiger partial charge is 0.419 e. The van der Waals surface area contributed by atoms with Crippen LogP contribution in [0.2, 0.25) is 0 Å². The van der Waals surface area contributed by atoms with Crippen LogP contribution in [0, 0.1) is 5.82 Å². The first-order chi connectivity index (χ1) is 23.5.